The third-order valence-electron chi connectivity index (χ3n) is 12.8. The van der Waals surface area contributed by atoms with Gasteiger partial charge in [0.05, 0.1) is 22.4 Å². The van der Waals surface area contributed by atoms with E-state index >= 15 is 0 Å². The number of hydrogen-bond acceptors (Lipinski definition) is 12. The summed E-state index contributed by atoms with van der Waals surface area (Å²) in [6, 6.07) is 15.1. The van der Waals surface area contributed by atoms with Gasteiger partial charge in [0.1, 0.15) is 4.75 Å². The van der Waals surface area contributed by atoms with Gasteiger partial charge in [-0.15, -0.1) is 0 Å². The Morgan fingerprint density at radius 1 is 0.695 bits per heavy atom. The molecular weight excluding hydrogens is 800 g/mol. The molecule has 3 fully saturated rings. The lowest BCUT2D eigenvalue weighted by molar-refractivity contribution is -0.201. The van der Waals surface area contributed by atoms with Crippen LogP contribution >= 0.6 is 0 Å². The maximum absolute atomic E-state index is 12.8. The van der Waals surface area contributed by atoms with Crippen molar-refractivity contribution in [3.8, 4) is 0 Å². The van der Waals surface area contributed by atoms with E-state index in [2.05, 4.69) is 5.48 Å². The molecule has 3 saturated heterocycles. The fraction of sp³-hybridized carbons (Fsp3) is 0.659. The summed E-state index contributed by atoms with van der Waals surface area (Å²) in [5.74, 6) is -2.01. The molecule has 2 aromatic rings. The van der Waals surface area contributed by atoms with Crippen molar-refractivity contribution in [3.05, 3.63) is 59.7 Å². The van der Waals surface area contributed by atoms with Crippen molar-refractivity contribution in [1.29, 1.82) is 0 Å². The van der Waals surface area contributed by atoms with Crippen molar-refractivity contribution in [2.75, 3.05) is 19.1 Å². The number of amides is 1. The molecule has 3 heterocycles. The van der Waals surface area contributed by atoms with E-state index in [0.717, 1.165) is 47.4 Å². The molecule has 14 nitrogen and oxygen atoms in total. The summed E-state index contributed by atoms with van der Waals surface area (Å²) < 4.78 is 74.9. The Labute approximate surface area is 351 Å². The molecule has 0 aromatic heterocycles. The first-order chi connectivity index (χ1) is 26.9. The topological polar surface area (TPSA) is 190 Å². The second-order valence-electron chi connectivity index (χ2n) is 18.3. The minimum atomic E-state index is -3.72. The Morgan fingerprint density at radius 3 is 1.39 bits per heavy atom. The summed E-state index contributed by atoms with van der Waals surface area (Å²) in [6.07, 6.45) is 4.90. The van der Waals surface area contributed by atoms with Crippen LogP contribution in [0.4, 0.5) is 0 Å². The molecule has 2 aromatic carbocycles. The number of benzene rings is 2. The molecule has 328 valence electrons. The largest absolute Gasteiger partial charge is 0.494 e. The van der Waals surface area contributed by atoms with E-state index in [9.17, 15) is 31.5 Å². The molecule has 0 bridgehead atoms. The minimum absolute atomic E-state index is 0.0109. The monoisotopic (exact) mass is 863 g/mol. The second-order valence-corrected chi connectivity index (χ2v) is 23.2. The van der Waals surface area contributed by atoms with E-state index < -0.39 is 84.0 Å². The molecule has 59 heavy (non-hydrogen) atoms. The second kappa shape index (κ2) is 17.9. The predicted octanol–water partition coefficient (Wildman–Crippen LogP) is 4.10. The molecule has 1 amide bonds. The van der Waals surface area contributed by atoms with Crippen molar-refractivity contribution >= 4 is 56.7 Å². The first-order valence-electron chi connectivity index (χ1n) is 20.0. The molecule has 2 N–H and O–H groups in total. The molecule has 18 heteroatoms. The predicted molar refractivity (Wildman–Crippen MR) is 228 cm³/mol. The van der Waals surface area contributed by atoms with Crippen molar-refractivity contribution < 1.29 is 59.7 Å². The van der Waals surface area contributed by atoms with Crippen LogP contribution in [-0.4, -0.2) is 105 Å². The molecular formula is C41H63B2NO13S2. The number of aryl methyl sites for hydroxylation is 2. The number of ether oxygens (including phenoxy) is 1. The van der Waals surface area contributed by atoms with Gasteiger partial charge in [-0.25, -0.2) is 27.2 Å². The van der Waals surface area contributed by atoms with Gasteiger partial charge >= 0.3 is 20.2 Å². The van der Waals surface area contributed by atoms with Crippen molar-refractivity contribution in [1.82, 2.24) is 5.48 Å². The normalized spacial score (nSPS) is 23.0. The van der Waals surface area contributed by atoms with E-state index in [0.29, 0.717) is 25.9 Å². The highest BCUT2D eigenvalue weighted by atomic mass is 32.2. The number of carbonyl (C=O) groups excluding carboxylic acids is 1. The zero-order chi connectivity index (χ0) is 44.5. The number of nitrogens with one attached hydrogen (secondary N) is 1. The Morgan fingerprint density at radius 2 is 1.07 bits per heavy atom. The Balaban J connectivity index is 0.000000268. The van der Waals surface area contributed by atoms with Crippen molar-refractivity contribution in [2.45, 2.75) is 152 Å². The van der Waals surface area contributed by atoms with Gasteiger partial charge in [-0.2, -0.15) is 0 Å². The number of carboxylic acids is 1. The van der Waals surface area contributed by atoms with Crippen LogP contribution in [-0.2, 0) is 70.3 Å². The number of carbonyl (C=O) groups is 2. The molecule has 5 rings (SSSR count). The van der Waals surface area contributed by atoms with Crippen LogP contribution in [0.3, 0.4) is 0 Å². The lowest BCUT2D eigenvalue weighted by atomic mass is 9.78. The highest BCUT2D eigenvalue weighted by Crippen LogP contribution is 2.37. The van der Waals surface area contributed by atoms with Gasteiger partial charge in [0.2, 0.25) is 0 Å². The average Bonchev–Trinajstić information content (AvgIpc) is 3.50. The molecule has 3 atom stereocenters. The lowest BCUT2D eigenvalue weighted by Crippen LogP contribution is -2.51. The Kier molecular flexibility index (Phi) is 14.8. The number of sulfone groups is 2. The number of hydroxylamine groups is 1. The number of hydrogen-bond donors (Lipinski definition) is 2. The van der Waals surface area contributed by atoms with E-state index in [1.807, 2.05) is 104 Å². The smallest absolute Gasteiger partial charge is 0.480 e. The van der Waals surface area contributed by atoms with Gasteiger partial charge in [-0.3, -0.25) is 9.59 Å². The number of carboxylic acid groups (broad SMARTS) is 1. The average molecular weight is 864 g/mol. The quantitative estimate of drug-likeness (QED) is 0.204. The first kappa shape index (κ1) is 48.8. The summed E-state index contributed by atoms with van der Waals surface area (Å²) >= 11 is 0. The summed E-state index contributed by atoms with van der Waals surface area (Å²) in [6.45, 7) is 19.2. The molecule has 1 unspecified atom stereocenters. The third-order valence-corrected chi connectivity index (χ3v) is 16.8. The van der Waals surface area contributed by atoms with Crippen molar-refractivity contribution in [2.24, 2.45) is 0 Å². The zero-order valence-corrected chi connectivity index (χ0v) is 38.3. The zero-order valence-electron chi connectivity index (χ0n) is 36.7. The van der Waals surface area contributed by atoms with Crippen LogP contribution in [0.1, 0.15) is 112 Å². The Hall–Kier alpha value is -2.83. The Bertz CT molecular complexity index is 1990. The first-order valence-corrected chi connectivity index (χ1v) is 23.8. The van der Waals surface area contributed by atoms with E-state index in [1.165, 1.54) is 13.8 Å². The van der Waals surface area contributed by atoms with Crippen LogP contribution in [0.5, 0.6) is 0 Å². The third kappa shape index (κ3) is 11.2. The van der Waals surface area contributed by atoms with Gasteiger partial charge in [0.25, 0.3) is 5.91 Å². The minimum Gasteiger partial charge on any atom is -0.480 e. The van der Waals surface area contributed by atoms with E-state index in [4.69, 9.17) is 28.2 Å². The maximum Gasteiger partial charge on any atom is 0.494 e. The van der Waals surface area contributed by atoms with Gasteiger partial charge in [0.15, 0.2) is 30.7 Å². The van der Waals surface area contributed by atoms with Crippen molar-refractivity contribution in [3.63, 3.8) is 0 Å². The summed E-state index contributed by atoms with van der Waals surface area (Å²) in [5, 5.41) is 9.32. The van der Waals surface area contributed by atoms with Gasteiger partial charge in [-0.1, -0.05) is 48.5 Å². The van der Waals surface area contributed by atoms with Gasteiger partial charge in [-0.05, 0) is 130 Å². The SMILES string of the molecule is CC1(C)OB(c2ccc(CC[C@](C)(C(=O)NOC3CCCCO3)S(C)(=O)=O)cc2)OC1(C)C.CC1(C)OB(c2ccc(CC[C@](C)(C(=O)O)S(C)(=O)=O)cc2)OC1(C)C. The highest BCUT2D eigenvalue weighted by Gasteiger charge is 2.53. The molecule has 0 saturated carbocycles. The highest BCUT2D eigenvalue weighted by molar-refractivity contribution is 7.93. The standard InChI is InChI=1S/C23H36BNO7S.C18H27BO6S/c1-21(2)22(3,4)32-24(31-21)18-12-10-17(11-13-18)14-15-23(5,33(6,27)28)20(26)25-30-19-9-7-8-16-29-19;1-16(2)17(3,4)25-19(24-16)14-9-7-13(8-10-14)11-12-18(5,15(20)21)26(6,22)23/h10-13,19H,7-9,14-16H2,1-6H3,(H,25,26);7-10H,11-12H2,1-6H3,(H,20,21)/t19?,23-;18-/m11/s1. The van der Waals surface area contributed by atoms with Crippen LogP contribution in [0.25, 0.3) is 0 Å². The molecule has 0 radical (unpaired) electrons. The van der Waals surface area contributed by atoms with E-state index in [1.54, 1.807) is 0 Å². The molecule has 0 spiro atoms. The van der Waals surface area contributed by atoms with Crippen LogP contribution in [0, 0.1) is 0 Å². The van der Waals surface area contributed by atoms with Gasteiger partial charge < -0.3 is 28.5 Å². The fourth-order valence-corrected chi connectivity index (χ4v) is 8.00. The van der Waals surface area contributed by atoms with Crippen LogP contribution < -0.4 is 16.4 Å². The molecule has 3 aliphatic heterocycles. The molecule has 0 aliphatic carbocycles. The maximum atomic E-state index is 12.8. The fourth-order valence-electron chi connectivity index (χ4n) is 6.36. The lowest BCUT2D eigenvalue weighted by Gasteiger charge is -2.32. The van der Waals surface area contributed by atoms with Gasteiger partial charge in [0, 0.05) is 25.5 Å². The van der Waals surface area contributed by atoms with E-state index in [-0.39, 0.29) is 12.8 Å². The van der Waals surface area contributed by atoms with Crippen LogP contribution in [0.2, 0.25) is 0 Å². The number of aliphatic carboxylic acids is 1. The van der Waals surface area contributed by atoms with Crippen LogP contribution in [0.15, 0.2) is 48.5 Å². The summed E-state index contributed by atoms with van der Waals surface area (Å²) in [7, 11) is -8.35. The summed E-state index contributed by atoms with van der Waals surface area (Å²) in [5.41, 5.74) is 4.16. The number of rotatable bonds is 14. The molecule has 3 aliphatic rings. The summed E-state index contributed by atoms with van der Waals surface area (Å²) in [4.78, 5) is 29.6.